The molecule has 0 saturated heterocycles. The molecule has 1 aliphatic heterocycles. The minimum absolute atomic E-state index is 0. The smallest absolute Gasteiger partial charge is 0.101 e. The predicted octanol–water partition coefficient (Wildman–Crippen LogP) is 3.37. The summed E-state index contributed by atoms with van der Waals surface area (Å²) in [5, 5.41) is 9.20. The molecule has 0 aliphatic carbocycles. The summed E-state index contributed by atoms with van der Waals surface area (Å²) in [5.74, 6) is 0. The number of nitriles is 1. The predicted molar refractivity (Wildman–Crippen MR) is 76.0 cm³/mol. The Kier molecular flexibility index (Phi) is 4.13. The Hall–Kier alpha value is -1.82. The zero-order valence-corrected chi connectivity index (χ0v) is 13.6. The van der Waals surface area contributed by atoms with Crippen molar-refractivity contribution in [3.8, 4) is 6.07 Å². The molecule has 0 saturated carbocycles. The molecule has 1 radical (unpaired) electrons. The van der Waals surface area contributed by atoms with Crippen molar-refractivity contribution in [2.75, 3.05) is 16.8 Å². The first kappa shape index (κ1) is 14.6. The molecule has 0 unspecified atom stereocenters. The van der Waals surface area contributed by atoms with Gasteiger partial charge in [0.25, 0.3) is 0 Å². The van der Waals surface area contributed by atoms with Crippen LogP contribution in [0.15, 0.2) is 36.4 Å². The van der Waals surface area contributed by atoms with Crippen LogP contribution in [0.2, 0.25) is 0 Å². The third-order valence-corrected chi connectivity index (χ3v) is 3.24. The van der Waals surface area contributed by atoms with Gasteiger partial charge in [-0.05, 0) is 19.2 Å². The number of para-hydroxylation sites is 1. The van der Waals surface area contributed by atoms with Crippen molar-refractivity contribution in [2.24, 2.45) is 0 Å². The summed E-state index contributed by atoms with van der Waals surface area (Å²) in [6, 6.07) is 17.3. The van der Waals surface area contributed by atoms with E-state index in [0.29, 0.717) is 5.56 Å². The van der Waals surface area contributed by atoms with Gasteiger partial charge >= 0.3 is 0 Å². The minimum Gasteiger partial charge on any atom is -0.503 e. The van der Waals surface area contributed by atoms with Gasteiger partial charge in [0.1, 0.15) is 6.07 Å². The summed E-state index contributed by atoms with van der Waals surface area (Å²) in [4.78, 5) is 4.03. The van der Waals surface area contributed by atoms with Crippen LogP contribution in [0, 0.1) is 31.0 Å². The average Bonchev–Trinajstić information content (AvgIpc) is 2.76. The molecule has 1 heterocycles. The number of fused-ring (bicyclic) bond motifs is 1. The molecule has 1 aliphatic rings. The Morgan fingerprint density at radius 2 is 2.10 bits per heavy atom. The van der Waals surface area contributed by atoms with Gasteiger partial charge in [-0.2, -0.15) is 35.7 Å². The SMILES string of the molecule is Cc1cc[c-]c(N2[CH-]N(C)c3c(C#N)cccc32)c1.[Ir]. The van der Waals surface area contributed by atoms with E-state index in [1.165, 1.54) is 5.56 Å². The molecule has 20 heavy (non-hydrogen) atoms. The van der Waals surface area contributed by atoms with E-state index in [9.17, 15) is 5.26 Å². The van der Waals surface area contributed by atoms with Crippen LogP contribution in [0.3, 0.4) is 0 Å². The quantitative estimate of drug-likeness (QED) is 0.639. The Morgan fingerprint density at radius 1 is 1.30 bits per heavy atom. The normalized spacial score (nSPS) is 12.7. The summed E-state index contributed by atoms with van der Waals surface area (Å²) in [6.45, 7) is 4.04. The summed E-state index contributed by atoms with van der Waals surface area (Å²) in [6.07, 6.45) is 0. The zero-order chi connectivity index (χ0) is 13.4. The van der Waals surface area contributed by atoms with E-state index in [0.717, 1.165) is 17.1 Å². The molecule has 3 rings (SSSR count). The van der Waals surface area contributed by atoms with Crippen molar-refractivity contribution in [1.82, 2.24) is 0 Å². The van der Waals surface area contributed by atoms with Crippen molar-refractivity contribution in [1.29, 1.82) is 5.26 Å². The molecule has 2 aromatic rings. The van der Waals surface area contributed by atoms with E-state index in [-0.39, 0.29) is 20.1 Å². The second-order valence-electron chi connectivity index (χ2n) is 4.63. The number of hydrogen-bond donors (Lipinski definition) is 0. The van der Waals surface area contributed by atoms with E-state index < -0.39 is 0 Å². The molecule has 2 aromatic carbocycles. The monoisotopic (exact) mass is 440 g/mol. The van der Waals surface area contributed by atoms with E-state index in [2.05, 4.69) is 30.0 Å². The summed E-state index contributed by atoms with van der Waals surface area (Å²) < 4.78 is 0. The van der Waals surface area contributed by atoms with Crippen LogP contribution in [0.5, 0.6) is 0 Å². The Bertz CT molecular complexity index is 676. The fraction of sp³-hybridized carbons (Fsp3) is 0.125. The van der Waals surface area contributed by atoms with Crippen LogP contribution in [0.25, 0.3) is 0 Å². The number of aryl methyl sites for hydroxylation is 1. The van der Waals surface area contributed by atoms with Crippen molar-refractivity contribution < 1.29 is 20.1 Å². The Morgan fingerprint density at radius 3 is 2.80 bits per heavy atom. The standard InChI is InChI=1S/C16H13N3.Ir/c1-12-5-3-7-14(9-12)19-11-18(2)16-13(10-17)6-4-8-15(16)19;/h3-6,8-9,11H,1-2H3;/q-2;. The molecule has 0 N–H and O–H groups in total. The van der Waals surface area contributed by atoms with Gasteiger partial charge in [-0.25, -0.2) is 0 Å². The molecular formula is C16H13IrN3-2. The average molecular weight is 440 g/mol. The Balaban J connectivity index is 0.00000147. The van der Waals surface area contributed by atoms with Crippen LogP contribution in [0.4, 0.5) is 17.1 Å². The third kappa shape index (κ3) is 2.31. The van der Waals surface area contributed by atoms with Crippen LogP contribution in [0.1, 0.15) is 11.1 Å². The van der Waals surface area contributed by atoms with Crippen molar-refractivity contribution >= 4 is 17.1 Å². The van der Waals surface area contributed by atoms with E-state index >= 15 is 0 Å². The summed E-state index contributed by atoms with van der Waals surface area (Å²) in [5.41, 5.74) is 4.82. The minimum atomic E-state index is 0. The van der Waals surface area contributed by atoms with Gasteiger partial charge in [0, 0.05) is 31.5 Å². The van der Waals surface area contributed by atoms with Gasteiger partial charge < -0.3 is 9.80 Å². The van der Waals surface area contributed by atoms with Crippen LogP contribution < -0.4 is 9.80 Å². The number of hydrogen-bond acceptors (Lipinski definition) is 3. The first-order valence-electron chi connectivity index (χ1n) is 6.09. The zero-order valence-electron chi connectivity index (χ0n) is 11.2. The topological polar surface area (TPSA) is 30.3 Å². The van der Waals surface area contributed by atoms with E-state index in [1.807, 2.05) is 48.9 Å². The fourth-order valence-corrected chi connectivity index (χ4v) is 2.37. The van der Waals surface area contributed by atoms with Gasteiger partial charge in [-0.1, -0.05) is 13.0 Å². The second-order valence-corrected chi connectivity index (χ2v) is 4.63. The maximum Gasteiger partial charge on any atom is 0.101 e. The third-order valence-electron chi connectivity index (χ3n) is 3.24. The molecule has 4 heteroatoms. The second kappa shape index (κ2) is 5.66. The first-order chi connectivity index (χ1) is 9.20. The fourth-order valence-electron chi connectivity index (χ4n) is 2.37. The van der Waals surface area contributed by atoms with Gasteiger partial charge in [0.05, 0.1) is 5.56 Å². The maximum absolute atomic E-state index is 9.20. The van der Waals surface area contributed by atoms with Crippen LogP contribution in [-0.4, -0.2) is 7.05 Å². The van der Waals surface area contributed by atoms with Crippen LogP contribution >= 0.6 is 0 Å². The molecule has 103 valence electrons. The summed E-state index contributed by atoms with van der Waals surface area (Å²) in [7, 11) is 1.95. The molecule has 0 fully saturated rings. The van der Waals surface area contributed by atoms with Gasteiger partial charge in [0.15, 0.2) is 0 Å². The number of anilines is 3. The van der Waals surface area contributed by atoms with Gasteiger partial charge in [-0.15, -0.1) is 11.8 Å². The summed E-state index contributed by atoms with van der Waals surface area (Å²) >= 11 is 0. The van der Waals surface area contributed by atoms with Crippen molar-refractivity contribution in [3.63, 3.8) is 0 Å². The first-order valence-corrected chi connectivity index (χ1v) is 6.09. The van der Waals surface area contributed by atoms with Gasteiger partial charge in [0.2, 0.25) is 0 Å². The van der Waals surface area contributed by atoms with Crippen LogP contribution in [-0.2, 0) is 20.1 Å². The molecular weight excluding hydrogens is 426 g/mol. The molecule has 3 nitrogen and oxygen atoms in total. The molecule has 0 amide bonds. The van der Waals surface area contributed by atoms with Crippen molar-refractivity contribution in [2.45, 2.75) is 6.92 Å². The molecule has 0 aromatic heterocycles. The number of nitrogens with zero attached hydrogens (tertiary/aromatic N) is 3. The number of rotatable bonds is 1. The number of benzene rings is 2. The molecule has 0 atom stereocenters. The van der Waals surface area contributed by atoms with E-state index in [4.69, 9.17) is 0 Å². The van der Waals surface area contributed by atoms with Crippen molar-refractivity contribution in [3.05, 3.63) is 60.3 Å². The van der Waals surface area contributed by atoms with E-state index in [1.54, 1.807) is 0 Å². The molecule has 0 bridgehead atoms. The Labute approximate surface area is 132 Å². The maximum atomic E-state index is 9.20. The molecule has 0 spiro atoms. The largest absolute Gasteiger partial charge is 0.503 e. The van der Waals surface area contributed by atoms with Gasteiger partial charge in [-0.3, -0.25) is 0 Å².